The minimum atomic E-state index is -0.449. The Morgan fingerprint density at radius 1 is 1.43 bits per heavy atom. The van der Waals surface area contributed by atoms with Gasteiger partial charge in [-0.25, -0.2) is 0 Å². The fraction of sp³-hybridized carbons (Fsp3) is 0.500. The molecule has 0 spiro atoms. The first kappa shape index (κ1) is 15.6. The first-order valence-corrected chi connectivity index (χ1v) is 7.13. The van der Waals surface area contributed by atoms with Crippen molar-refractivity contribution >= 4 is 28.9 Å². The summed E-state index contributed by atoms with van der Waals surface area (Å²) in [6.45, 7) is 4.63. The molecule has 0 aliphatic carbocycles. The normalized spacial score (nSPS) is 15.9. The van der Waals surface area contributed by atoms with Crippen molar-refractivity contribution in [3.63, 3.8) is 0 Å². The highest BCUT2D eigenvalue weighted by Crippen LogP contribution is 2.35. The maximum Gasteiger partial charge on any atom is 0.302 e. The Morgan fingerprint density at radius 2 is 2.05 bits per heavy atom. The van der Waals surface area contributed by atoms with Gasteiger partial charge in [0.25, 0.3) is 5.69 Å². The molecule has 1 fully saturated rings. The van der Waals surface area contributed by atoms with Crippen LogP contribution in [0.4, 0.5) is 11.4 Å². The van der Waals surface area contributed by atoms with Crippen molar-refractivity contribution in [2.45, 2.75) is 32.8 Å². The molecule has 1 aliphatic heterocycles. The summed E-state index contributed by atoms with van der Waals surface area (Å²) >= 11 is 6.20. The zero-order valence-electron chi connectivity index (χ0n) is 12.0. The van der Waals surface area contributed by atoms with Gasteiger partial charge in [-0.2, -0.15) is 0 Å². The third kappa shape index (κ3) is 3.64. The molecule has 1 aromatic rings. The van der Waals surface area contributed by atoms with E-state index in [-0.39, 0.29) is 17.8 Å². The van der Waals surface area contributed by atoms with E-state index in [9.17, 15) is 14.9 Å². The first-order chi connectivity index (χ1) is 9.88. The number of carbonyl (C=O) groups excluding carboxylic acids is 1. The molecule has 1 saturated heterocycles. The van der Waals surface area contributed by atoms with Gasteiger partial charge < -0.3 is 9.64 Å². The van der Waals surface area contributed by atoms with Crippen molar-refractivity contribution in [1.29, 1.82) is 0 Å². The third-order valence-electron chi connectivity index (χ3n) is 3.54. The summed E-state index contributed by atoms with van der Waals surface area (Å²) in [7, 11) is 0. The van der Waals surface area contributed by atoms with Crippen LogP contribution in [0.25, 0.3) is 0 Å². The molecule has 21 heavy (non-hydrogen) atoms. The monoisotopic (exact) mass is 312 g/mol. The largest absolute Gasteiger partial charge is 0.462 e. The van der Waals surface area contributed by atoms with Crippen LogP contribution < -0.4 is 4.90 Å². The predicted molar refractivity (Wildman–Crippen MR) is 79.8 cm³/mol. The average Bonchev–Trinajstić information content (AvgIpc) is 2.39. The molecule has 1 aromatic carbocycles. The van der Waals surface area contributed by atoms with E-state index in [0.29, 0.717) is 18.1 Å². The highest BCUT2D eigenvalue weighted by molar-refractivity contribution is 6.33. The van der Waals surface area contributed by atoms with E-state index in [4.69, 9.17) is 16.3 Å². The first-order valence-electron chi connectivity index (χ1n) is 6.75. The van der Waals surface area contributed by atoms with Crippen LogP contribution in [0.1, 0.15) is 25.3 Å². The SMILES string of the molecule is CC(=O)OC1CCN(c2c(C)cc([N+](=O)[O-])cc2Cl)CC1. The highest BCUT2D eigenvalue weighted by Gasteiger charge is 2.25. The smallest absolute Gasteiger partial charge is 0.302 e. The summed E-state index contributed by atoms with van der Waals surface area (Å²) in [5.41, 5.74) is 1.60. The molecule has 7 heteroatoms. The van der Waals surface area contributed by atoms with E-state index in [2.05, 4.69) is 4.90 Å². The zero-order valence-corrected chi connectivity index (χ0v) is 12.7. The molecule has 2 rings (SSSR count). The molecule has 0 N–H and O–H groups in total. The van der Waals surface area contributed by atoms with Crippen LogP contribution in [-0.4, -0.2) is 30.1 Å². The van der Waals surface area contributed by atoms with Crippen LogP contribution in [0.3, 0.4) is 0 Å². The molecule has 0 saturated carbocycles. The van der Waals surface area contributed by atoms with Crippen LogP contribution in [0.2, 0.25) is 5.02 Å². The van der Waals surface area contributed by atoms with Gasteiger partial charge in [0.1, 0.15) is 6.10 Å². The van der Waals surface area contributed by atoms with E-state index in [0.717, 1.165) is 24.1 Å². The molecule has 0 unspecified atom stereocenters. The van der Waals surface area contributed by atoms with Crippen molar-refractivity contribution in [3.05, 3.63) is 32.8 Å². The molecule has 0 radical (unpaired) electrons. The molecule has 0 amide bonds. The number of nitrogens with zero attached hydrogens (tertiary/aromatic N) is 2. The molecule has 0 aromatic heterocycles. The Kier molecular flexibility index (Phi) is 4.67. The maximum atomic E-state index is 11.0. The standard InChI is InChI=1S/C14H17ClN2O4/c1-9-7-11(17(19)20)8-13(15)14(9)16-5-3-12(4-6-16)21-10(2)18/h7-8,12H,3-6H2,1-2H3. The number of aryl methyl sites for hydroxylation is 1. The lowest BCUT2D eigenvalue weighted by molar-refractivity contribution is -0.384. The molecule has 1 heterocycles. The van der Waals surface area contributed by atoms with Gasteiger partial charge >= 0.3 is 5.97 Å². The fourth-order valence-corrected chi connectivity index (χ4v) is 3.04. The van der Waals surface area contributed by atoms with E-state index in [1.165, 1.54) is 19.1 Å². The number of rotatable bonds is 3. The van der Waals surface area contributed by atoms with Crippen LogP contribution in [-0.2, 0) is 9.53 Å². The van der Waals surface area contributed by atoms with Crippen molar-refractivity contribution in [2.75, 3.05) is 18.0 Å². The van der Waals surface area contributed by atoms with Crippen molar-refractivity contribution in [2.24, 2.45) is 0 Å². The minimum absolute atomic E-state index is 0.00366. The molecule has 0 atom stereocenters. The molecule has 1 aliphatic rings. The topological polar surface area (TPSA) is 72.7 Å². The zero-order chi connectivity index (χ0) is 15.6. The number of nitro groups is 1. The number of ether oxygens (including phenoxy) is 1. The van der Waals surface area contributed by atoms with Gasteiger partial charge in [-0.15, -0.1) is 0 Å². The number of non-ortho nitro benzene ring substituents is 1. The summed E-state index contributed by atoms with van der Waals surface area (Å²) in [4.78, 5) is 23.4. The molecular weight excluding hydrogens is 296 g/mol. The fourth-order valence-electron chi connectivity index (χ4n) is 2.66. The van der Waals surface area contributed by atoms with Crippen LogP contribution in [0.5, 0.6) is 0 Å². The second-order valence-electron chi connectivity index (χ2n) is 5.15. The van der Waals surface area contributed by atoms with Crippen LogP contribution in [0, 0.1) is 17.0 Å². The summed E-state index contributed by atoms with van der Waals surface area (Å²) in [5, 5.41) is 11.2. The quantitative estimate of drug-likeness (QED) is 0.487. The van der Waals surface area contributed by atoms with E-state index in [1.807, 2.05) is 6.92 Å². The molecule has 114 valence electrons. The second-order valence-corrected chi connectivity index (χ2v) is 5.55. The predicted octanol–water partition coefficient (Wildman–Crippen LogP) is 3.09. The Bertz CT molecular complexity index is 545. The lowest BCUT2D eigenvalue weighted by Crippen LogP contribution is -2.38. The highest BCUT2D eigenvalue weighted by atomic mass is 35.5. The third-order valence-corrected chi connectivity index (χ3v) is 3.83. The number of anilines is 1. The number of halogens is 1. The number of esters is 1. The maximum absolute atomic E-state index is 11.0. The van der Waals surface area contributed by atoms with Gasteiger partial charge in [0.15, 0.2) is 0 Å². The summed E-state index contributed by atoms with van der Waals surface area (Å²) < 4.78 is 5.20. The Hall–Kier alpha value is -1.82. The Labute approximate surface area is 127 Å². The minimum Gasteiger partial charge on any atom is -0.462 e. The number of hydrogen-bond acceptors (Lipinski definition) is 5. The van der Waals surface area contributed by atoms with Crippen molar-refractivity contribution in [3.8, 4) is 0 Å². The van der Waals surface area contributed by atoms with E-state index in [1.54, 1.807) is 0 Å². The number of benzene rings is 1. The van der Waals surface area contributed by atoms with Gasteiger partial charge in [-0.3, -0.25) is 14.9 Å². The number of carbonyl (C=O) groups is 1. The summed E-state index contributed by atoms with van der Waals surface area (Å²) in [6, 6.07) is 2.90. The van der Waals surface area contributed by atoms with E-state index >= 15 is 0 Å². The van der Waals surface area contributed by atoms with Gasteiger partial charge in [0.05, 0.1) is 15.6 Å². The lowest BCUT2D eigenvalue weighted by Gasteiger charge is -2.34. The van der Waals surface area contributed by atoms with Gasteiger partial charge in [0, 0.05) is 45.0 Å². The van der Waals surface area contributed by atoms with E-state index < -0.39 is 4.92 Å². The molecule has 0 bridgehead atoms. The second kappa shape index (κ2) is 6.30. The van der Waals surface area contributed by atoms with Gasteiger partial charge in [-0.1, -0.05) is 11.6 Å². The van der Waals surface area contributed by atoms with Crippen molar-refractivity contribution in [1.82, 2.24) is 0 Å². The number of piperidine rings is 1. The van der Waals surface area contributed by atoms with Crippen molar-refractivity contribution < 1.29 is 14.5 Å². The van der Waals surface area contributed by atoms with Crippen LogP contribution in [0.15, 0.2) is 12.1 Å². The number of nitro benzene ring substituents is 1. The van der Waals surface area contributed by atoms with Gasteiger partial charge in [0.2, 0.25) is 0 Å². The average molecular weight is 313 g/mol. The van der Waals surface area contributed by atoms with Gasteiger partial charge in [-0.05, 0) is 12.5 Å². The molecule has 6 nitrogen and oxygen atoms in total. The number of hydrogen-bond donors (Lipinski definition) is 0. The molecular formula is C14H17ClN2O4. The lowest BCUT2D eigenvalue weighted by atomic mass is 10.0. The summed E-state index contributed by atoms with van der Waals surface area (Å²) in [5.74, 6) is -0.266. The Morgan fingerprint density at radius 3 is 2.52 bits per heavy atom. The van der Waals surface area contributed by atoms with Crippen LogP contribution >= 0.6 is 11.6 Å². The summed E-state index contributed by atoms with van der Waals surface area (Å²) in [6.07, 6.45) is 1.40. The Balaban J connectivity index is 2.13.